The Kier molecular flexibility index (Phi) is 5.77. The van der Waals surface area contributed by atoms with Crippen LogP contribution >= 0.6 is 0 Å². The predicted molar refractivity (Wildman–Crippen MR) is 100 cm³/mol. The van der Waals surface area contributed by atoms with Crippen molar-refractivity contribution in [1.29, 1.82) is 0 Å². The molecular formula is C21H30FNO4. The van der Waals surface area contributed by atoms with Crippen LogP contribution in [0.5, 0.6) is 0 Å². The van der Waals surface area contributed by atoms with Gasteiger partial charge in [-0.05, 0) is 57.7 Å². The van der Waals surface area contributed by atoms with Crippen molar-refractivity contribution in [3.05, 3.63) is 35.6 Å². The lowest BCUT2D eigenvalue weighted by molar-refractivity contribution is -0.108. The fourth-order valence-corrected chi connectivity index (χ4v) is 4.19. The average Bonchev–Trinajstić information content (AvgIpc) is 3.01. The maximum Gasteiger partial charge on any atom is 0.407 e. The SMILES string of the molecule is CC(C)(C)OC(=O)NCC[C@]1(c2ccc(F)cc2)CCO[C@@]2(CCOC2)C1. The van der Waals surface area contributed by atoms with E-state index in [1.165, 1.54) is 12.1 Å². The molecule has 3 rings (SSSR count). The second-order valence-electron chi connectivity index (χ2n) is 8.73. The molecule has 27 heavy (non-hydrogen) atoms. The minimum atomic E-state index is -0.525. The summed E-state index contributed by atoms with van der Waals surface area (Å²) in [5.41, 5.74) is 0.0973. The number of hydrogen-bond donors (Lipinski definition) is 1. The molecule has 1 N–H and O–H groups in total. The number of nitrogens with one attached hydrogen (secondary N) is 1. The van der Waals surface area contributed by atoms with E-state index in [-0.39, 0.29) is 16.8 Å². The van der Waals surface area contributed by atoms with Gasteiger partial charge in [0.15, 0.2) is 0 Å². The molecule has 0 radical (unpaired) electrons. The number of rotatable bonds is 4. The highest BCUT2D eigenvalue weighted by Gasteiger charge is 2.48. The van der Waals surface area contributed by atoms with Crippen molar-refractivity contribution in [3.63, 3.8) is 0 Å². The van der Waals surface area contributed by atoms with E-state index in [1.807, 2.05) is 32.9 Å². The highest BCUT2D eigenvalue weighted by molar-refractivity contribution is 5.67. The van der Waals surface area contributed by atoms with Crippen LogP contribution in [0.25, 0.3) is 0 Å². The maximum atomic E-state index is 13.5. The second kappa shape index (κ2) is 7.76. The van der Waals surface area contributed by atoms with Gasteiger partial charge in [-0.3, -0.25) is 0 Å². The molecule has 1 spiro atoms. The standard InChI is InChI=1S/C21H30FNO4/c1-19(2,3)27-18(24)23-11-8-20(16-4-6-17(22)7-5-16)9-13-26-21(14-20)10-12-25-15-21/h4-7H,8-15H2,1-3H3,(H,23,24)/t20-,21-/m0/s1. The molecule has 2 atom stereocenters. The first-order chi connectivity index (χ1) is 12.7. The largest absolute Gasteiger partial charge is 0.444 e. The summed E-state index contributed by atoms with van der Waals surface area (Å²) in [6, 6.07) is 6.73. The highest BCUT2D eigenvalue weighted by atomic mass is 19.1. The summed E-state index contributed by atoms with van der Waals surface area (Å²) in [5.74, 6) is -0.244. The van der Waals surface area contributed by atoms with Gasteiger partial charge in [0.25, 0.3) is 0 Å². The Morgan fingerprint density at radius 1 is 1.22 bits per heavy atom. The summed E-state index contributed by atoms with van der Waals surface area (Å²) in [6.45, 7) is 7.94. The van der Waals surface area contributed by atoms with Crippen LogP contribution in [-0.4, -0.2) is 43.7 Å². The number of benzene rings is 1. The Hall–Kier alpha value is -1.66. The van der Waals surface area contributed by atoms with Gasteiger partial charge in [0.05, 0.1) is 12.2 Å². The summed E-state index contributed by atoms with van der Waals surface area (Å²) in [5, 5.41) is 2.86. The minimum Gasteiger partial charge on any atom is -0.444 e. The molecule has 0 unspecified atom stereocenters. The summed E-state index contributed by atoms with van der Waals surface area (Å²) in [7, 11) is 0. The summed E-state index contributed by atoms with van der Waals surface area (Å²) >= 11 is 0. The molecule has 2 saturated heterocycles. The van der Waals surface area contributed by atoms with Crippen molar-refractivity contribution in [2.24, 2.45) is 0 Å². The van der Waals surface area contributed by atoms with Gasteiger partial charge in [-0.25, -0.2) is 9.18 Å². The zero-order valence-corrected chi connectivity index (χ0v) is 16.5. The van der Waals surface area contributed by atoms with E-state index in [2.05, 4.69) is 5.32 Å². The van der Waals surface area contributed by atoms with Crippen molar-refractivity contribution >= 4 is 6.09 Å². The second-order valence-corrected chi connectivity index (χ2v) is 8.73. The molecule has 0 aromatic heterocycles. The third-order valence-corrected chi connectivity index (χ3v) is 5.44. The van der Waals surface area contributed by atoms with Crippen LogP contribution in [0.2, 0.25) is 0 Å². The van der Waals surface area contributed by atoms with Gasteiger partial charge in [-0.2, -0.15) is 0 Å². The van der Waals surface area contributed by atoms with Crippen LogP contribution in [0.4, 0.5) is 9.18 Å². The monoisotopic (exact) mass is 379 g/mol. The van der Waals surface area contributed by atoms with Gasteiger partial charge in [0.1, 0.15) is 11.4 Å². The van der Waals surface area contributed by atoms with Crippen molar-refractivity contribution in [3.8, 4) is 0 Å². The Morgan fingerprint density at radius 2 is 1.96 bits per heavy atom. The van der Waals surface area contributed by atoms with Crippen molar-refractivity contribution in [2.75, 3.05) is 26.4 Å². The molecule has 2 aliphatic heterocycles. The molecule has 0 bridgehead atoms. The molecule has 1 amide bonds. The number of carbonyl (C=O) groups excluding carboxylic acids is 1. The molecular weight excluding hydrogens is 349 g/mol. The molecule has 1 aromatic rings. The topological polar surface area (TPSA) is 56.8 Å². The lowest BCUT2D eigenvalue weighted by Crippen LogP contribution is -2.49. The Bertz CT molecular complexity index is 649. The van der Waals surface area contributed by atoms with E-state index in [0.29, 0.717) is 26.4 Å². The van der Waals surface area contributed by atoms with Crippen LogP contribution in [0.1, 0.15) is 52.0 Å². The van der Waals surface area contributed by atoms with Crippen LogP contribution < -0.4 is 5.32 Å². The van der Waals surface area contributed by atoms with E-state index >= 15 is 0 Å². The smallest absolute Gasteiger partial charge is 0.407 e. The maximum absolute atomic E-state index is 13.5. The fourth-order valence-electron chi connectivity index (χ4n) is 4.19. The third-order valence-electron chi connectivity index (χ3n) is 5.44. The van der Waals surface area contributed by atoms with Gasteiger partial charge < -0.3 is 19.5 Å². The number of halogens is 1. The van der Waals surface area contributed by atoms with Gasteiger partial charge in [-0.1, -0.05) is 12.1 Å². The Morgan fingerprint density at radius 3 is 2.59 bits per heavy atom. The Balaban J connectivity index is 1.74. The molecule has 2 heterocycles. The molecule has 6 heteroatoms. The quantitative estimate of drug-likeness (QED) is 0.861. The van der Waals surface area contributed by atoms with Crippen LogP contribution in [0.3, 0.4) is 0 Å². The van der Waals surface area contributed by atoms with Gasteiger partial charge in [0, 0.05) is 31.6 Å². The van der Waals surface area contributed by atoms with Crippen molar-refractivity contribution in [1.82, 2.24) is 5.32 Å². The number of carbonyl (C=O) groups is 1. The number of alkyl carbamates (subject to hydrolysis) is 1. The third kappa shape index (κ3) is 4.99. The van der Waals surface area contributed by atoms with E-state index in [4.69, 9.17) is 14.2 Å². The van der Waals surface area contributed by atoms with Crippen LogP contribution in [-0.2, 0) is 19.6 Å². The first kappa shape index (κ1) is 20.1. The number of amides is 1. The number of hydrogen-bond acceptors (Lipinski definition) is 4. The first-order valence-electron chi connectivity index (χ1n) is 9.67. The van der Waals surface area contributed by atoms with Crippen LogP contribution in [0, 0.1) is 5.82 Å². The molecule has 2 fully saturated rings. The molecule has 2 aliphatic rings. The lowest BCUT2D eigenvalue weighted by Gasteiger charge is -2.46. The predicted octanol–water partition coefficient (Wildman–Crippen LogP) is 3.95. The zero-order chi connectivity index (χ0) is 19.5. The van der Waals surface area contributed by atoms with Gasteiger partial charge in [0.2, 0.25) is 0 Å². The van der Waals surface area contributed by atoms with E-state index in [9.17, 15) is 9.18 Å². The van der Waals surface area contributed by atoms with E-state index < -0.39 is 11.7 Å². The summed E-state index contributed by atoms with van der Waals surface area (Å²) in [4.78, 5) is 12.0. The first-order valence-corrected chi connectivity index (χ1v) is 9.67. The fraction of sp³-hybridized carbons (Fsp3) is 0.667. The van der Waals surface area contributed by atoms with E-state index in [0.717, 1.165) is 31.2 Å². The molecule has 0 aliphatic carbocycles. The van der Waals surface area contributed by atoms with Crippen molar-refractivity contribution in [2.45, 2.75) is 63.1 Å². The summed E-state index contributed by atoms with van der Waals surface area (Å²) < 4.78 is 30.5. The molecule has 1 aromatic carbocycles. The zero-order valence-electron chi connectivity index (χ0n) is 16.5. The van der Waals surface area contributed by atoms with Gasteiger partial charge >= 0.3 is 6.09 Å². The van der Waals surface area contributed by atoms with Gasteiger partial charge in [-0.15, -0.1) is 0 Å². The highest BCUT2D eigenvalue weighted by Crippen LogP contribution is 2.46. The van der Waals surface area contributed by atoms with Crippen molar-refractivity contribution < 1.29 is 23.4 Å². The minimum absolute atomic E-state index is 0.186. The van der Waals surface area contributed by atoms with Crippen LogP contribution in [0.15, 0.2) is 24.3 Å². The molecule has 5 nitrogen and oxygen atoms in total. The number of ether oxygens (including phenoxy) is 3. The Labute approximate surface area is 160 Å². The normalized spacial score (nSPS) is 28.3. The average molecular weight is 379 g/mol. The van der Waals surface area contributed by atoms with E-state index in [1.54, 1.807) is 0 Å². The lowest BCUT2D eigenvalue weighted by atomic mass is 9.66. The summed E-state index contributed by atoms with van der Waals surface area (Å²) in [6.07, 6.45) is 2.83. The molecule has 150 valence electrons. The molecule has 0 saturated carbocycles.